The Morgan fingerprint density at radius 3 is 1.37 bits per heavy atom. The van der Waals surface area contributed by atoms with Gasteiger partial charge in [0.1, 0.15) is 10.1 Å². The van der Waals surface area contributed by atoms with Crippen molar-refractivity contribution in [2.45, 2.75) is 59.7 Å². The molecule has 7 heteroatoms. The van der Waals surface area contributed by atoms with Crippen molar-refractivity contribution in [1.82, 2.24) is 4.98 Å². The van der Waals surface area contributed by atoms with Gasteiger partial charge in [-0.3, -0.25) is 15.0 Å². The zero-order valence-electron chi connectivity index (χ0n) is 18.8. The molecule has 3 aliphatic rings. The minimum absolute atomic E-state index is 0.381. The second kappa shape index (κ2) is 9.37. The third kappa shape index (κ3) is 4.83. The van der Waals surface area contributed by atoms with Crippen molar-refractivity contribution in [3.05, 3.63) is 29.1 Å². The van der Waals surface area contributed by atoms with E-state index in [0.29, 0.717) is 35.9 Å². The summed E-state index contributed by atoms with van der Waals surface area (Å²) in [6.45, 7) is 13.5. The summed E-state index contributed by atoms with van der Waals surface area (Å²) in [4.78, 5) is 20.1. The van der Waals surface area contributed by atoms with Gasteiger partial charge in [-0.15, -0.1) is 35.3 Å². The summed E-state index contributed by atoms with van der Waals surface area (Å²) in [5.41, 5.74) is 3.15. The normalized spacial score (nSPS) is 26.7. The van der Waals surface area contributed by atoms with Crippen LogP contribution in [0.1, 0.15) is 58.5 Å². The predicted molar refractivity (Wildman–Crippen MR) is 137 cm³/mol. The number of rotatable bonds is 6. The fourth-order valence-electron chi connectivity index (χ4n) is 3.50. The molecule has 0 amide bonds. The molecule has 4 heterocycles. The van der Waals surface area contributed by atoms with Crippen molar-refractivity contribution < 1.29 is 0 Å². The third-order valence-corrected chi connectivity index (χ3v) is 9.16. The smallest absolute Gasteiger partial charge is 0.117 e. The Hall–Kier alpha value is -0.790. The number of hydrogen-bond donors (Lipinski definition) is 0. The van der Waals surface area contributed by atoms with E-state index in [2.05, 4.69) is 53.7 Å². The molecule has 0 aliphatic carbocycles. The van der Waals surface area contributed by atoms with Crippen LogP contribution in [0.4, 0.5) is 0 Å². The van der Waals surface area contributed by atoms with Gasteiger partial charge in [-0.2, -0.15) is 0 Å². The highest BCUT2D eigenvalue weighted by Gasteiger charge is 2.28. The minimum atomic E-state index is 0.381. The van der Waals surface area contributed by atoms with E-state index < -0.39 is 0 Å². The molecule has 4 rings (SSSR count). The number of hydrogen-bond acceptors (Lipinski definition) is 7. The first-order chi connectivity index (χ1) is 14.3. The first kappa shape index (κ1) is 22.4. The molecule has 0 saturated heterocycles. The predicted octanol–water partition coefficient (Wildman–Crippen LogP) is 5.64. The molecular formula is C23H32N4S3. The standard InChI is InChI=1S/C23H32N4S3/c1-12(2)18-9-28-21(25-18)15-7-16(22-26-19(10-29-22)13(3)4)24-17(8-15)23-27-20(11-30-23)14(5)6/h7-8,12-14,18-20H,9-11H2,1-6H3/t18-,19-,20-/m1/s1. The van der Waals surface area contributed by atoms with Crippen molar-refractivity contribution in [1.29, 1.82) is 0 Å². The Labute approximate surface area is 193 Å². The second-order valence-electron chi connectivity index (χ2n) is 9.30. The maximum atomic E-state index is 5.04. The maximum absolute atomic E-state index is 5.04. The molecule has 0 unspecified atom stereocenters. The zero-order chi connectivity index (χ0) is 21.4. The van der Waals surface area contributed by atoms with Crippen molar-refractivity contribution >= 4 is 50.4 Å². The summed E-state index contributed by atoms with van der Waals surface area (Å²) in [7, 11) is 0. The van der Waals surface area contributed by atoms with Crippen molar-refractivity contribution in [3.63, 3.8) is 0 Å². The van der Waals surface area contributed by atoms with Gasteiger partial charge < -0.3 is 0 Å². The summed E-state index contributed by atoms with van der Waals surface area (Å²) in [6, 6.07) is 5.56. The Balaban J connectivity index is 1.73. The van der Waals surface area contributed by atoms with Gasteiger partial charge in [0.05, 0.1) is 34.6 Å². The molecule has 1 aromatic heterocycles. The number of aliphatic imine (C=N–C) groups is 3. The lowest BCUT2D eigenvalue weighted by atomic mass is 10.1. The van der Waals surface area contributed by atoms with E-state index in [1.807, 2.05) is 35.3 Å². The molecule has 3 atom stereocenters. The molecule has 0 spiro atoms. The lowest BCUT2D eigenvalue weighted by molar-refractivity contribution is 0.543. The van der Waals surface area contributed by atoms with Gasteiger partial charge in [-0.1, -0.05) is 41.5 Å². The van der Waals surface area contributed by atoms with Crippen LogP contribution in [0, 0.1) is 17.8 Å². The molecule has 0 saturated carbocycles. The van der Waals surface area contributed by atoms with Crippen LogP contribution in [0.2, 0.25) is 0 Å². The molecule has 0 N–H and O–H groups in total. The van der Waals surface area contributed by atoms with Crippen LogP contribution in [0.25, 0.3) is 0 Å². The number of aromatic nitrogens is 1. The van der Waals surface area contributed by atoms with E-state index in [9.17, 15) is 0 Å². The molecule has 3 aliphatic heterocycles. The molecule has 30 heavy (non-hydrogen) atoms. The summed E-state index contributed by atoms with van der Waals surface area (Å²) < 4.78 is 0. The highest BCUT2D eigenvalue weighted by atomic mass is 32.2. The van der Waals surface area contributed by atoms with E-state index in [1.165, 1.54) is 5.56 Å². The number of nitrogens with zero attached hydrogens (tertiary/aromatic N) is 4. The van der Waals surface area contributed by atoms with Crippen LogP contribution in [0.5, 0.6) is 0 Å². The molecule has 4 nitrogen and oxygen atoms in total. The Bertz CT molecular complexity index is 762. The first-order valence-electron chi connectivity index (χ1n) is 11.0. The molecule has 0 radical (unpaired) electrons. The van der Waals surface area contributed by atoms with Crippen molar-refractivity contribution in [2.75, 3.05) is 17.3 Å². The Kier molecular flexibility index (Phi) is 7.00. The van der Waals surface area contributed by atoms with Gasteiger partial charge in [-0.05, 0) is 29.9 Å². The first-order valence-corrected chi connectivity index (χ1v) is 13.9. The third-order valence-electron chi connectivity index (χ3n) is 5.84. The molecular weight excluding hydrogens is 428 g/mol. The number of thioether (sulfide) groups is 3. The van der Waals surface area contributed by atoms with Crippen LogP contribution in [0.15, 0.2) is 27.1 Å². The van der Waals surface area contributed by atoms with Crippen LogP contribution in [-0.2, 0) is 0 Å². The molecule has 1 aromatic rings. The van der Waals surface area contributed by atoms with E-state index in [0.717, 1.165) is 43.8 Å². The van der Waals surface area contributed by atoms with Gasteiger partial charge in [0.2, 0.25) is 0 Å². The minimum Gasteiger partial charge on any atom is -0.273 e. The highest BCUT2D eigenvalue weighted by molar-refractivity contribution is 8.15. The zero-order valence-corrected chi connectivity index (χ0v) is 21.2. The fourth-order valence-corrected chi connectivity index (χ4v) is 7.29. The topological polar surface area (TPSA) is 50.0 Å². The SMILES string of the molecule is CC(C)[C@H]1CSC(c2cc(C3=N[C@@H](C(C)C)CS3)nc(C3=N[C@@H](C(C)C)CS3)c2)=N1. The quantitative estimate of drug-likeness (QED) is 0.551. The van der Waals surface area contributed by atoms with E-state index >= 15 is 0 Å². The molecule has 162 valence electrons. The fraction of sp³-hybridized carbons (Fsp3) is 0.652. The lowest BCUT2D eigenvalue weighted by Crippen LogP contribution is -2.12. The summed E-state index contributed by atoms with van der Waals surface area (Å²) in [6.07, 6.45) is 0. The van der Waals surface area contributed by atoms with Crippen molar-refractivity contribution in [2.24, 2.45) is 32.7 Å². The van der Waals surface area contributed by atoms with Gasteiger partial charge in [0.15, 0.2) is 0 Å². The van der Waals surface area contributed by atoms with Gasteiger partial charge >= 0.3 is 0 Å². The van der Waals surface area contributed by atoms with Crippen molar-refractivity contribution in [3.8, 4) is 0 Å². The average Bonchev–Trinajstić information content (AvgIpc) is 3.48. The summed E-state index contributed by atoms with van der Waals surface area (Å²) >= 11 is 5.55. The van der Waals surface area contributed by atoms with Gasteiger partial charge in [0.25, 0.3) is 0 Å². The largest absolute Gasteiger partial charge is 0.273 e. The summed E-state index contributed by atoms with van der Waals surface area (Å²) in [5, 5.41) is 3.29. The van der Waals surface area contributed by atoms with Gasteiger partial charge in [-0.25, -0.2) is 4.98 Å². The van der Waals surface area contributed by atoms with Gasteiger partial charge in [0, 0.05) is 22.8 Å². The number of pyridine rings is 1. The van der Waals surface area contributed by atoms with Crippen LogP contribution in [-0.4, -0.2) is 55.5 Å². The molecule has 0 bridgehead atoms. The van der Waals surface area contributed by atoms with E-state index in [1.54, 1.807) is 0 Å². The van der Waals surface area contributed by atoms with Crippen LogP contribution < -0.4 is 0 Å². The van der Waals surface area contributed by atoms with E-state index in [-0.39, 0.29) is 0 Å². The molecule has 0 aromatic carbocycles. The highest BCUT2D eigenvalue weighted by Crippen LogP contribution is 2.33. The van der Waals surface area contributed by atoms with E-state index in [4.69, 9.17) is 20.0 Å². The van der Waals surface area contributed by atoms with Crippen LogP contribution in [0.3, 0.4) is 0 Å². The van der Waals surface area contributed by atoms with Crippen LogP contribution >= 0.6 is 35.3 Å². The average molecular weight is 461 g/mol. The second-order valence-corrected chi connectivity index (χ2v) is 12.3. The maximum Gasteiger partial charge on any atom is 0.117 e. The monoisotopic (exact) mass is 460 g/mol. The summed E-state index contributed by atoms with van der Waals surface area (Å²) in [5.74, 6) is 4.84. The molecule has 0 fully saturated rings. The lowest BCUT2D eigenvalue weighted by Gasteiger charge is -2.10. The Morgan fingerprint density at radius 1 is 0.633 bits per heavy atom. The Morgan fingerprint density at radius 2 is 1.00 bits per heavy atom.